The van der Waals surface area contributed by atoms with Gasteiger partial charge in [-0.2, -0.15) is 0 Å². The van der Waals surface area contributed by atoms with E-state index >= 15 is 0 Å². The van der Waals surface area contributed by atoms with Gasteiger partial charge < -0.3 is 5.11 Å². The van der Waals surface area contributed by atoms with E-state index < -0.39 is 5.60 Å². The normalized spacial score (nSPS) is 11.3. The lowest BCUT2D eigenvalue weighted by molar-refractivity contribution is 0.0810. The second kappa shape index (κ2) is 3.75. The van der Waals surface area contributed by atoms with Crippen molar-refractivity contribution in [1.29, 1.82) is 0 Å². The molecule has 13 heavy (non-hydrogen) atoms. The summed E-state index contributed by atoms with van der Waals surface area (Å²) in [6.07, 6.45) is 2.49. The maximum absolute atomic E-state index is 9.61. The quantitative estimate of drug-likeness (QED) is 0.750. The maximum Gasteiger partial charge on any atom is 0.0631 e. The highest BCUT2D eigenvalue weighted by molar-refractivity contribution is 5.48. The van der Waals surface area contributed by atoms with Gasteiger partial charge in [0.1, 0.15) is 0 Å². The third kappa shape index (κ3) is 3.43. The van der Waals surface area contributed by atoms with Crippen LogP contribution in [0.2, 0.25) is 0 Å². The minimum Gasteiger partial charge on any atom is -0.390 e. The molecule has 0 aliphatic heterocycles. The first-order valence-electron chi connectivity index (χ1n) is 4.45. The van der Waals surface area contributed by atoms with Crippen molar-refractivity contribution in [3.8, 4) is 0 Å². The SMILES string of the molecule is C=Cc1cccc(CC(C)(C)O)c1. The van der Waals surface area contributed by atoms with Gasteiger partial charge in [0.2, 0.25) is 0 Å². The molecule has 0 fully saturated rings. The van der Waals surface area contributed by atoms with E-state index in [0.29, 0.717) is 6.42 Å². The molecule has 1 aromatic rings. The first-order valence-corrected chi connectivity index (χ1v) is 4.45. The van der Waals surface area contributed by atoms with Crippen LogP contribution in [0.4, 0.5) is 0 Å². The van der Waals surface area contributed by atoms with Crippen LogP contribution in [0.3, 0.4) is 0 Å². The Kier molecular flexibility index (Phi) is 2.89. The molecule has 1 aromatic carbocycles. The molecule has 0 aromatic heterocycles. The highest BCUT2D eigenvalue weighted by Crippen LogP contribution is 2.14. The summed E-state index contributed by atoms with van der Waals surface area (Å²) in [7, 11) is 0. The summed E-state index contributed by atoms with van der Waals surface area (Å²) in [5.74, 6) is 0. The van der Waals surface area contributed by atoms with Gasteiger partial charge >= 0.3 is 0 Å². The van der Waals surface area contributed by atoms with Crippen molar-refractivity contribution in [3.05, 3.63) is 42.0 Å². The number of aliphatic hydroxyl groups is 1. The van der Waals surface area contributed by atoms with Gasteiger partial charge in [-0.25, -0.2) is 0 Å². The van der Waals surface area contributed by atoms with Crippen LogP contribution in [0, 0.1) is 0 Å². The van der Waals surface area contributed by atoms with Crippen LogP contribution >= 0.6 is 0 Å². The van der Waals surface area contributed by atoms with E-state index in [4.69, 9.17) is 0 Å². The third-order valence-electron chi connectivity index (χ3n) is 1.82. The summed E-state index contributed by atoms with van der Waals surface area (Å²) in [5, 5.41) is 9.61. The van der Waals surface area contributed by atoms with Gasteiger partial charge in [-0.1, -0.05) is 36.9 Å². The molecule has 1 heteroatoms. The Morgan fingerprint density at radius 3 is 2.69 bits per heavy atom. The van der Waals surface area contributed by atoms with Gasteiger partial charge in [0.15, 0.2) is 0 Å². The van der Waals surface area contributed by atoms with Crippen molar-refractivity contribution >= 4 is 6.08 Å². The zero-order valence-corrected chi connectivity index (χ0v) is 8.25. The molecule has 0 radical (unpaired) electrons. The van der Waals surface area contributed by atoms with Crippen molar-refractivity contribution in [2.75, 3.05) is 0 Å². The van der Waals surface area contributed by atoms with Crippen LogP contribution in [0.1, 0.15) is 25.0 Å². The predicted octanol–water partition coefficient (Wildman–Crippen LogP) is 2.64. The van der Waals surface area contributed by atoms with E-state index in [2.05, 4.69) is 6.58 Å². The summed E-state index contributed by atoms with van der Waals surface area (Å²) < 4.78 is 0. The standard InChI is InChI=1S/C12H16O/c1-4-10-6-5-7-11(8-10)9-12(2,3)13/h4-8,13H,1,9H2,2-3H3. The number of hydrogen-bond donors (Lipinski definition) is 1. The lowest BCUT2D eigenvalue weighted by atomic mass is 9.97. The average Bonchev–Trinajstić information content (AvgIpc) is 2.01. The summed E-state index contributed by atoms with van der Waals surface area (Å²) in [5.41, 5.74) is 1.60. The van der Waals surface area contributed by atoms with Crippen molar-refractivity contribution in [3.63, 3.8) is 0 Å². The van der Waals surface area contributed by atoms with Gasteiger partial charge in [0.25, 0.3) is 0 Å². The van der Waals surface area contributed by atoms with Crippen LogP contribution < -0.4 is 0 Å². The van der Waals surface area contributed by atoms with Crippen molar-refractivity contribution in [2.45, 2.75) is 25.9 Å². The minimum atomic E-state index is -0.639. The molecule has 0 spiro atoms. The van der Waals surface area contributed by atoms with Crippen molar-refractivity contribution in [1.82, 2.24) is 0 Å². The molecule has 0 bridgehead atoms. The number of rotatable bonds is 3. The molecule has 0 saturated carbocycles. The lowest BCUT2D eigenvalue weighted by Crippen LogP contribution is -2.21. The monoisotopic (exact) mass is 176 g/mol. The minimum absolute atomic E-state index is 0.639. The molecule has 0 unspecified atom stereocenters. The second-order valence-corrected chi connectivity index (χ2v) is 3.94. The number of hydrogen-bond acceptors (Lipinski definition) is 1. The van der Waals surface area contributed by atoms with Crippen LogP contribution in [0.15, 0.2) is 30.8 Å². The van der Waals surface area contributed by atoms with Gasteiger partial charge in [-0.15, -0.1) is 0 Å². The van der Waals surface area contributed by atoms with E-state index in [-0.39, 0.29) is 0 Å². The van der Waals surface area contributed by atoms with Gasteiger partial charge in [0.05, 0.1) is 5.60 Å². The third-order valence-corrected chi connectivity index (χ3v) is 1.82. The van der Waals surface area contributed by atoms with E-state index in [9.17, 15) is 5.11 Å². The topological polar surface area (TPSA) is 20.2 Å². The molecular formula is C12H16O. The zero-order chi connectivity index (χ0) is 9.90. The molecule has 0 saturated heterocycles. The molecule has 70 valence electrons. The Bertz CT molecular complexity index is 294. The van der Waals surface area contributed by atoms with E-state index in [1.165, 1.54) is 0 Å². The highest BCUT2D eigenvalue weighted by atomic mass is 16.3. The smallest absolute Gasteiger partial charge is 0.0631 e. The molecule has 1 rings (SSSR count). The first kappa shape index (κ1) is 10.0. The van der Waals surface area contributed by atoms with Crippen molar-refractivity contribution in [2.24, 2.45) is 0 Å². The Morgan fingerprint density at radius 1 is 1.46 bits per heavy atom. The van der Waals surface area contributed by atoms with E-state index in [1.54, 1.807) is 0 Å². The van der Waals surface area contributed by atoms with Gasteiger partial charge in [-0.05, 0) is 25.0 Å². The molecule has 1 nitrogen and oxygen atoms in total. The molecule has 0 aliphatic carbocycles. The van der Waals surface area contributed by atoms with Gasteiger partial charge in [-0.3, -0.25) is 0 Å². The lowest BCUT2D eigenvalue weighted by Gasteiger charge is -2.16. The van der Waals surface area contributed by atoms with Crippen LogP contribution in [0.25, 0.3) is 6.08 Å². The van der Waals surface area contributed by atoms with E-state index in [1.807, 2.05) is 44.2 Å². The fourth-order valence-electron chi connectivity index (χ4n) is 1.33. The first-order chi connectivity index (χ1) is 6.01. The molecule has 1 N–H and O–H groups in total. The fourth-order valence-corrected chi connectivity index (χ4v) is 1.33. The summed E-state index contributed by atoms with van der Waals surface area (Å²) in [6.45, 7) is 7.33. The van der Waals surface area contributed by atoms with E-state index in [0.717, 1.165) is 11.1 Å². The Labute approximate surface area is 79.7 Å². The average molecular weight is 176 g/mol. The summed E-state index contributed by atoms with van der Waals surface area (Å²) >= 11 is 0. The summed E-state index contributed by atoms with van der Waals surface area (Å²) in [4.78, 5) is 0. The number of benzene rings is 1. The van der Waals surface area contributed by atoms with Crippen molar-refractivity contribution < 1.29 is 5.11 Å². The predicted molar refractivity (Wildman–Crippen MR) is 56.5 cm³/mol. The molecule has 0 aliphatic rings. The van der Waals surface area contributed by atoms with Crippen LogP contribution in [-0.2, 0) is 6.42 Å². The Morgan fingerprint density at radius 2 is 2.15 bits per heavy atom. The fraction of sp³-hybridized carbons (Fsp3) is 0.333. The van der Waals surface area contributed by atoms with Crippen LogP contribution in [-0.4, -0.2) is 10.7 Å². The summed E-state index contributed by atoms with van der Waals surface area (Å²) in [6, 6.07) is 8.05. The largest absolute Gasteiger partial charge is 0.390 e. The molecule has 0 atom stereocenters. The Balaban J connectivity index is 2.84. The van der Waals surface area contributed by atoms with Crippen LogP contribution in [0.5, 0.6) is 0 Å². The Hall–Kier alpha value is -1.08. The zero-order valence-electron chi connectivity index (χ0n) is 8.25. The maximum atomic E-state index is 9.61. The molecule has 0 heterocycles. The second-order valence-electron chi connectivity index (χ2n) is 3.94. The highest BCUT2D eigenvalue weighted by Gasteiger charge is 2.12. The molecular weight excluding hydrogens is 160 g/mol. The molecule has 0 amide bonds. The van der Waals surface area contributed by atoms with Gasteiger partial charge in [0, 0.05) is 6.42 Å².